The van der Waals surface area contributed by atoms with Crippen LogP contribution in [0.25, 0.3) is 0 Å². The van der Waals surface area contributed by atoms with E-state index in [1.807, 2.05) is 31.3 Å². The van der Waals surface area contributed by atoms with Crippen molar-refractivity contribution in [3.63, 3.8) is 0 Å². The minimum Gasteiger partial charge on any atom is -0.373 e. The van der Waals surface area contributed by atoms with Gasteiger partial charge in [0, 0.05) is 28.5 Å². The number of halogens is 2. The lowest BCUT2D eigenvalue weighted by Crippen LogP contribution is -2.04. The zero-order valence-electron chi connectivity index (χ0n) is 11.4. The average Bonchev–Trinajstić information content (AvgIpc) is 2.42. The number of hydrogen-bond acceptors (Lipinski definition) is 4. The van der Waals surface area contributed by atoms with E-state index in [2.05, 4.69) is 59.4 Å². The van der Waals surface area contributed by atoms with Gasteiger partial charge < -0.3 is 10.6 Å². The molecule has 0 radical (unpaired) electrons. The normalized spacial score (nSPS) is 10.4. The molecule has 106 valence electrons. The van der Waals surface area contributed by atoms with Crippen molar-refractivity contribution < 1.29 is 0 Å². The van der Waals surface area contributed by atoms with E-state index >= 15 is 0 Å². The van der Waals surface area contributed by atoms with Gasteiger partial charge in [0.15, 0.2) is 0 Å². The molecule has 0 fully saturated rings. The zero-order chi connectivity index (χ0) is 14.5. The number of hydrogen-bond donors (Lipinski definition) is 2. The third kappa shape index (κ3) is 3.93. The molecule has 2 N–H and O–H groups in total. The lowest BCUT2D eigenvalue weighted by atomic mass is 10.3. The molecule has 4 nitrogen and oxygen atoms in total. The Balaban J connectivity index is 2.29. The Labute approximate surface area is 135 Å². The number of aromatic nitrogens is 2. The van der Waals surface area contributed by atoms with E-state index in [4.69, 9.17) is 0 Å². The number of anilines is 3. The van der Waals surface area contributed by atoms with Crippen molar-refractivity contribution in [1.29, 1.82) is 0 Å². The standard InChI is InChI=1S/C14H16Br2N4/c1-3-4-12-19-13(17-2)8-14(20-12)18-11-6-5-9(15)7-10(11)16/h5-8H,3-4H2,1-2H3,(H2,17,18,19,20). The summed E-state index contributed by atoms with van der Waals surface area (Å²) in [6.07, 6.45) is 1.89. The van der Waals surface area contributed by atoms with Crippen molar-refractivity contribution in [3.8, 4) is 0 Å². The Bertz CT molecular complexity index is 602. The van der Waals surface area contributed by atoms with Gasteiger partial charge in [0.1, 0.15) is 17.5 Å². The second kappa shape index (κ2) is 7.04. The van der Waals surface area contributed by atoms with Crippen LogP contribution >= 0.6 is 31.9 Å². The van der Waals surface area contributed by atoms with Gasteiger partial charge in [-0.1, -0.05) is 22.9 Å². The number of nitrogens with one attached hydrogen (secondary N) is 2. The summed E-state index contributed by atoms with van der Waals surface area (Å²) in [6.45, 7) is 2.12. The van der Waals surface area contributed by atoms with Crippen molar-refractivity contribution >= 4 is 49.2 Å². The van der Waals surface area contributed by atoms with Gasteiger partial charge in [-0.3, -0.25) is 0 Å². The first-order valence-electron chi connectivity index (χ1n) is 6.40. The van der Waals surface area contributed by atoms with Crippen LogP contribution in [0.3, 0.4) is 0 Å². The molecule has 2 rings (SSSR count). The Hall–Kier alpha value is -1.14. The molecule has 0 atom stereocenters. The Morgan fingerprint density at radius 2 is 1.85 bits per heavy atom. The van der Waals surface area contributed by atoms with Crippen molar-refractivity contribution in [2.45, 2.75) is 19.8 Å². The van der Waals surface area contributed by atoms with Gasteiger partial charge in [-0.05, 0) is 40.5 Å². The summed E-state index contributed by atoms with van der Waals surface area (Å²) in [5, 5.41) is 6.38. The van der Waals surface area contributed by atoms with Crippen LogP contribution in [0.5, 0.6) is 0 Å². The first kappa shape index (κ1) is 15.3. The summed E-state index contributed by atoms with van der Waals surface area (Å²) in [4.78, 5) is 8.97. The molecule has 1 heterocycles. The fourth-order valence-corrected chi connectivity index (χ4v) is 2.90. The third-order valence-electron chi connectivity index (χ3n) is 2.70. The molecule has 20 heavy (non-hydrogen) atoms. The van der Waals surface area contributed by atoms with E-state index in [1.54, 1.807) is 0 Å². The van der Waals surface area contributed by atoms with E-state index in [0.29, 0.717) is 0 Å². The molecule has 6 heteroatoms. The lowest BCUT2D eigenvalue weighted by Gasteiger charge is -2.11. The molecule has 0 saturated heterocycles. The van der Waals surface area contributed by atoms with Crippen LogP contribution in [0.15, 0.2) is 33.2 Å². The van der Waals surface area contributed by atoms with E-state index in [9.17, 15) is 0 Å². The fourth-order valence-electron chi connectivity index (χ4n) is 1.75. The van der Waals surface area contributed by atoms with E-state index < -0.39 is 0 Å². The van der Waals surface area contributed by atoms with Crippen LogP contribution in [0, 0.1) is 0 Å². The van der Waals surface area contributed by atoms with Gasteiger partial charge in [0.25, 0.3) is 0 Å². The Morgan fingerprint density at radius 1 is 1.10 bits per heavy atom. The molecule has 1 aromatic carbocycles. The lowest BCUT2D eigenvalue weighted by molar-refractivity contribution is 0.838. The summed E-state index contributed by atoms with van der Waals surface area (Å²) >= 11 is 6.98. The second-order valence-corrected chi connectivity index (χ2v) is 6.07. The van der Waals surface area contributed by atoms with Crippen LogP contribution < -0.4 is 10.6 Å². The van der Waals surface area contributed by atoms with Crippen LogP contribution in [-0.4, -0.2) is 17.0 Å². The zero-order valence-corrected chi connectivity index (χ0v) is 14.5. The number of benzene rings is 1. The van der Waals surface area contributed by atoms with Crippen molar-refractivity contribution in [3.05, 3.63) is 39.0 Å². The minimum atomic E-state index is 0.788. The number of rotatable bonds is 5. The van der Waals surface area contributed by atoms with E-state index in [1.165, 1.54) is 0 Å². The minimum absolute atomic E-state index is 0.788. The maximum Gasteiger partial charge on any atom is 0.136 e. The average molecular weight is 400 g/mol. The molecule has 0 unspecified atom stereocenters. The van der Waals surface area contributed by atoms with Gasteiger partial charge in [0.05, 0.1) is 5.69 Å². The van der Waals surface area contributed by atoms with Gasteiger partial charge in [0.2, 0.25) is 0 Å². The molecule has 0 aliphatic heterocycles. The highest BCUT2D eigenvalue weighted by atomic mass is 79.9. The molecular weight excluding hydrogens is 384 g/mol. The molecule has 0 amide bonds. The molecule has 0 aliphatic carbocycles. The van der Waals surface area contributed by atoms with E-state index in [0.717, 1.165) is 44.9 Å². The van der Waals surface area contributed by atoms with Gasteiger partial charge in [-0.15, -0.1) is 0 Å². The molecular formula is C14H16Br2N4. The highest BCUT2D eigenvalue weighted by Crippen LogP contribution is 2.28. The third-order valence-corrected chi connectivity index (χ3v) is 3.85. The fraction of sp³-hybridized carbons (Fsp3) is 0.286. The summed E-state index contributed by atoms with van der Waals surface area (Å²) in [7, 11) is 1.86. The molecule has 1 aromatic heterocycles. The Morgan fingerprint density at radius 3 is 2.50 bits per heavy atom. The number of nitrogens with zero attached hydrogens (tertiary/aromatic N) is 2. The highest BCUT2D eigenvalue weighted by Gasteiger charge is 2.06. The Kier molecular flexibility index (Phi) is 5.37. The van der Waals surface area contributed by atoms with Crippen LogP contribution in [-0.2, 0) is 6.42 Å². The maximum absolute atomic E-state index is 4.54. The van der Waals surface area contributed by atoms with Crippen LogP contribution in [0.1, 0.15) is 19.2 Å². The smallest absolute Gasteiger partial charge is 0.136 e. The molecule has 0 saturated carbocycles. The topological polar surface area (TPSA) is 49.8 Å². The van der Waals surface area contributed by atoms with Gasteiger partial charge in [-0.2, -0.15) is 0 Å². The van der Waals surface area contributed by atoms with Crippen molar-refractivity contribution in [2.24, 2.45) is 0 Å². The van der Waals surface area contributed by atoms with Crippen LogP contribution in [0.4, 0.5) is 17.3 Å². The monoisotopic (exact) mass is 398 g/mol. The summed E-state index contributed by atoms with van der Waals surface area (Å²) < 4.78 is 2.01. The summed E-state index contributed by atoms with van der Waals surface area (Å²) in [6, 6.07) is 7.87. The summed E-state index contributed by atoms with van der Waals surface area (Å²) in [5.74, 6) is 2.45. The van der Waals surface area contributed by atoms with Gasteiger partial charge >= 0.3 is 0 Å². The van der Waals surface area contributed by atoms with Crippen molar-refractivity contribution in [2.75, 3.05) is 17.7 Å². The van der Waals surface area contributed by atoms with Gasteiger partial charge in [-0.25, -0.2) is 9.97 Å². The quantitative estimate of drug-likeness (QED) is 0.762. The first-order chi connectivity index (χ1) is 9.62. The predicted molar refractivity (Wildman–Crippen MR) is 90.7 cm³/mol. The molecule has 0 spiro atoms. The SMILES string of the molecule is CCCc1nc(NC)cc(Nc2ccc(Br)cc2Br)n1. The highest BCUT2D eigenvalue weighted by molar-refractivity contribution is 9.11. The largest absolute Gasteiger partial charge is 0.373 e. The van der Waals surface area contributed by atoms with Crippen molar-refractivity contribution in [1.82, 2.24) is 9.97 Å². The molecule has 0 bridgehead atoms. The first-order valence-corrected chi connectivity index (χ1v) is 7.98. The second-order valence-electron chi connectivity index (χ2n) is 4.30. The molecule has 0 aliphatic rings. The number of aryl methyl sites for hydroxylation is 1. The summed E-state index contributed by atoms with van der Waals surface area (Å²) in [5.41, 5.74) is 0.969. The predicted octanol–water partition coefficient (Wildman–Crippen LogP) is 4.74. The van der Waals surface area contributed by atoms with Crippen LogP contribution in [0.2, 0.25) is 0 Å². The maximum atomic E-state index is 4.54. The van der Waals surface area contributed by atoms with E-state index in [-0.39, 0.29) is 0 Å². The molecule has 2 aromatic rings.